The summed E-state index contributed by atoms with van der Waals surface area (Å²) in [5, 5.41) is 11.1. The molecule has 0 saturated heterocycles. The maximum atomic E-state index is 13.7. The summed E-state index contributed by atoms with van der Waals surface area (Å²) < 4.78 is 36.7. The zero-order valence-corrected chi connectivity index (χ0v) is 18.5. The van der Waals surface area contributed by atoms with Crippen LogP contribution in [0.2, 0.25) is 0 Å². The number of ether oxygens (including phenoxy) is 1. The molecule has 9 nitrogen and oxygen atoms in total. The molecule has 0 unspecified atom stereocenters. The first kappa shape index (κ1) is 24.4. The fourth-order valence-corrected chi connectivity index (χ4v) is 2.96. The quantitative estimate of drug-likeness (QED) is 0.443. The van der Waals surface area contributed by atoms with Gasteiger partial charge < -0.3 is 25.2 Å². The fourth-order valence-electron chi connectivity index (χ4n) is 2.96. The zero-order chi connectivity index (χ0) is 24.8. The van der Waals surface area contributed by atoms with Gasteiger partial charge in [-0.25, -0.2) is 18.4 Å². The second kappa shape index (κ2) is 10.6. The molecule has 3 rings (SSSR count). The molecular formula is C23H22F2N4O5. The third kappa shape index (κ3) is 5.94. The third-order valence-corrected chi connectivity index (χ3v) is 4.76. The minimum Gasteiger partial charge on any atom is -0.467 e. The molecule has 3 amide bonds. The van der Waals surface area contributed by atoms with E-state index in [9.17, 15) is 23.2 Å². The first-order chi connectivity index (χ1) is 16.2. The van der Waals surface area contributed by atoms with Gasteiger partial charge in [-0.05, 0) is 30.2 Å². The van der Waals surface area contributed by atoms with E-state index in [1.165, 1.54) is 13.2 Å². The predicted molar refractivity (Wildman–Crippen MR) is 119 cm³/mol. The van der Waals surface area contributed by atoms with Crippen molar-refractivity contribution >= 4 is 29.3 Å². The van der Waals surface area contributed by atoms with E-state index in [-0.39, 0.29) is 17.4 Å². The van der Waals surface area contributed by atoms with E-state index in [1.54, 1.807) is 38.1 Å². The van der Waals surface area contributed by atoms with Crippen LogP contribution < -0.4 is 16.0 Å². The summed E-state index contributed by atoms with van der Waals surface area (Å²) in [6, 6.07) is 8.85. The highest BCUT2D eigenvalue weighted by Crippen LogP contribution is 2.22. The average Bonchev–Trinajstić information content (AvgIpc) is 3.30. The smallest absolute Gasteiger partial charge is 0.328 e. The second-order valence-corrected chi connectivity index (χ2v) is 7.58. The summed E-state index contributed by atoms with van der Waals surface area (Å²) in [6.45, 7) is 3.52. The SMILES string of the molecule is COC(=O)[C@@H](NC(=O)c1cc(-c2ccc(NC(=O)Nc3cc(F)ccc3F)cc2)no1)C(C)C. The molecule has 178 valence electrons. The molecule has 0 spiro atoms. The van der Waals surface area contributed by atoms with Gasteiger partial charge in [-0.3, -0.25) is 4.79 Å². The Morgan fingerprint density at radius 1 is 1.00 bits per heavy atom. The Kier molecular flexibility index (Phi) is 7.57. The molecule has 1 heterocycles. The van der Waals surface area contributed by atoms with Crippen molar-refractivity contribution in [2.75, 3.05) is 17.7 Å². The Labute approximate surface area is 193 Å². The number of rotatable bonds is 7. The summed E-state index contributed by atoms with van der Waals surface area (Å²) in [4.78, 5) is 36.3. The highest BCUT2D eigenvalue weighted by molar-refractivity contribution is 6.00. The van der Waals surface area contributed by atoms with Crippen molar-refractivity contribution in [2.45, 2.75) is 19.9 Å². The van der Waals surface area contributed by atoms with Crippen LogP contribution in [0.4, 0.5) is 25.0 Å². The van der Waals surface area contributed by atoms with Gasteiger partial charge in [0.25, 0.3) is 5.91 Å². The van der Waals surface area contributed by atoms with Crippen LogP contribution >= 0.6 is 0 Å². The van der Waals surface area contributed by atoms with Crippen LogP contribution in [-0.2, 0) is 9.53 Å². The summed E-state index contributed by atoms with van der Waals surface area (Å²) in [7, 11) is 1.23. The van der Waals surface area contributed by atoms with Crippen LogP contribution in [0.3, 0.4) is 0 Å². The van der Waals surface area contributed by atoms with Crippen LogP contribution in [0.25, 0.3) is 11.3 Å². The summed E-state index contributed by atoms with van der Waals surface area (Å²) in [6.07, 6.45) is 0. The number of benzene rings is 2. The monoisotopic (exact) mass is 472 g/mol. The molecule has 1 aromatic heterocycles. The zero-order valence-electron chi connectivity index (χ0n) is 18.5. The van der Waals surface area contributed by atoms with Gasteiger partial charge >= 0.3 is 12.0 Å². The van der Waals surface area contributed by atoms with Crippen molar-refractivity contribution in [1.82, 2.24) is 10.5 Å². The number of nitrogens with one attached hydrogen (secondary N) is 3. The fraction of sp³-hybridized carbons (Fsp3) is 0.217. The van der Waals surface area contributed by atoms with E-state index >= 15 is 0 Å². The van der Waals surface area contributed by atoms with E-state index in [0.717, 1.165) is 18.2 Å². The van der Waals surface area contributed by atoms with Gasteiger partial charge in [-0.15, -0.1) is 0 Å². The van der Waals surface area contributed by atoms with Crippen molar-refractivity contribution in [2.24, 2.45) is 5.92 Å². The Morgan fingerprint density at radius 2 is 1.71 bits per heavy atom. The lowest BCUT2D eigenvalue weighted by molar-refractivity contribution is -0.144. The number of carbonyl (C=O) groups excluding carboxylic acids is 3. The van der Waals surface area contributed by atoms with E-state index in [1.807, 2.05) is 0 Å². The van der Waals surface area contributed by atoms with Crippen molar-refractivity contribution in [1.29, 1.82) is 0 Å². The highest BCUT2D eigenvalue weighted by Gasteiger charge is 2.27. The Morgan fingerprint density at radius 3 is 2.35 bits per heavy atom. The largest absolute Gasteiger partial charge is 0.467 e. The number of hydrogen-bond donors (Lipinski definition) is 3. The number of methoxy groups -OCH3 is 1. The number of carbonyl (C=O) groups is 3. The Hall–Kier alpha value is -4.28. The molecule has 0 radical (unpaired) electrons. The number of hydrogen-bond acceptors (Lipinski definition) is 6. The van der Waals surface area contributed by atoms with Crippen LogP contribution in [0.15, 0.2) is 53.1 Å². The van der Waals surface area contributed by atoms with Crippen molar-refractivity contribution in [3.63, 3.8) is 0 Å². The van der Waals surface area contributed by atoms with Crippen LogP contribution in [0.1, 0.15) is 24.4 Å². The molecule has 0 aliphatic rings. The average molecular weight is 472 g/mol. The standard InChI is InChI=1S/C23H22F2N4O5/c1-12(2)20(22(31)33-3)28-21(30)19-11-17(29-34-19)13-4-7-15(8-5-13)26-23(32)27-18-10-14(24)6-9-16(18)25/h4-12,20H,1-3H3,(H,28,30)(H2,26,27,32)/t20-/m0/s1. The Balaban J connectivity index is 1.64. The molecule has 0 saturated carbocycles. The topological polar surface area (TPSA) is 123 Å². The number of halogens is 2. The van der Waals surface area contributed by atoms with Crippen molar-refractivity contribution in [3.05, 3.63) is 65.9 Å². The van der Waals surface area contributed by atoms with Gasteiger partial charge in [0.2, 0.25) is 5.76 Å². The molecule has 34 heavy (non-hydrogen) atoms. The van der Waals surface area contributed by atoms with Gasteiger partial charge in [0.05, 0.1) is 12.8 Å². The summed E-state index contributed by atoms with van der Waals surface area (Å²) in [5.74, 6) is -2.95. The minimum absolute atomic E-state index is 0.0942. The lowest BCUT2D eigenvalue weighted by Gasteiger charge is -2.18. The van der Waals surface area contributed by atoms with Gasteiger partial charge in [-0.1, -0.05) is 31.1 Å². The molecule has 3 aromatic rings. The van der Waals surface area contributed by atoms with Crippen LogP contribution in [0, 0.1) is 17.6 Å². The molecule has 0 aliphatic heterocycles. The van der Waals surface area contributed by atoms with Gasteiger partial charge in [0.1, 0.15) is 23.4 Å². The Bertz CT molecular complexity index is 1190. The molecule has 3 N–H and O–H groups in total. The minimum atomic E-state index is -0.844. The number of urea groups is 1. The van der Waals surface area contributed by atoms with E-state index in [0.29, 0.717) is 16.9 Å². The normalized spacial score (nSPS) is 11.6. The second-order valence-electron chi connectivity index (χ2n) is 7.58. The molecular weight excluding hydrogens is 450 g/mol. The lowest BCUT2D eigenvalue weighted by Crippen LogP contribution is -2.44. The van der Waals surface area contributed by atoms with E-state index in [4.69, 9.17) is 9.26 Å². The number of amides is 3. The summed E-state index contributed by atoms with van der Waals surface area (Å²) in [5.41, 5.74) is 1.01. The first-order valence-electron chi connectivity index (χ1n) is 10.2. The third-order valence-electron chi connectivity index (χ3n) is 4.76. The number of anilines is 2. The number of esters is 1. The maximum absolute atomic E-state index is 13.7. The first-order valence-corrected chi connectivity index (χ1v) is 10.2. The molecule has 11 heteroatoms. The molecule has 0 bridgehead atoms. The molecule has 1 atom stereocenters. The summed E-state index contributed by atoms with van der Waals surface area (Å²) >= 11 is 0. The van der Waals surface area contributed by atoms with Crippen molar-refractivity contribution in [3.8, 4) is 11.3 Å². The highest BCUT2D eigenvalue weighted by atomic mass is 19.1. The van der Waals surface area contributed by atoms with Gasteiger partial charge in [0, 0.05) is 23.4 Å². The molecule has 0 fully saturated rings. The number of nitrogens with zero attached hydrogens (tertiary/aromatic N) is 1. The van der Waals surface area contributed by atoms with Crippen molar-refractivity contribution < 1.29 is 32.4 Å². The van der Waals surface area contributed by atoms with E-state index in [2.05, 4.69) is 21.1 Å². The van der Waals surface area contributed by atoms with Crippen LogP contribution in [-0.4, -0.2) is 36.2 Å². The molecule has 0 aliphatic carbocycles. The van der Waals surface area contributed by atoms with Crippen LogP contribution in [0.5, 0.6) is 0 Å². The maximum Gasteiger partial charge on any atom is 0.328 e. The van der Waals surface area contributed by atoms with Gasteiger partial charge in [0.15, 0.2) is 0 Å². The lowest BCUT2D eigenvalue weighted by atomic mass is 10.0. The number of aromatic nitrogens is 1. The van der Waals surface area contributed by atoms with E-state index < -0.39 is 35.6 Å². The predicted octanol–water partition coefficient (Wildman–Crippen LogP) is 4.19. The molecule has 2 aromatic carbocycles. The van der Waals surface area contributed by atoms with Gasteiger partial charge in [-0.2, -0.15) is 0 Å².